The molecule has 1 fully saturated rings. The SMILES string of the molecule is C/C(=C\c1csc(C)n1)C1CNC(C)CCCCC(O)[C@@H](C)C(=O)C(C)(C)CCC(=O)O1.CC. The zero-order chi connectivity index (χ0) is 25.9. The van der Waals surface area contributed by atoms with Crippen molar-refractivity contribution in [3.05, 3.63) is 21.7 Å². The first kappa shape index (κ1) is 30.5. The Morgan fingerprint density at radius 3 is 2.50 bits per heavy atom. The van der Waals surface area contributed by atoms with Crippen molar-refractivity contribution in [2.75, 3.05) is 6.54 Å². The minimum Gasteiger partial charge on any atom is -0.456 e. The van der Waals surface area contributed by atoms with E-state index < -0.39 is 17.4 Å². The number of nitrogens with one attached hydrogen (secondary N) is 1. The van der Waals surface area contributed by atoms with E-state index in [0.717, 1.165) is 35.5 Å². The Morgan fingerprint density at radius 1 is 1.24 bits per heavy atom. The van der Waals surface area contributed by atoms with Crippen LogP contribution in [0.4, 0.5) is 0 Å². The van der Waals surface area contributed by atoms with Gasteiger partial charge in [0.2, 0.25) is 0 Å². The van der Waals surface area contributed by atoms with Gasteiger partial charge < -0.3 is 15.2 Å². The van der Waals surface area contributed by atoms with Gasteiger partial charge in [0, 0.05) is 35.7 Å². The highest BCUT2D eigenvalue weighted by atomic mass is 32.1. The van der Waals surface area contributed by atoms with Crippen molar-refractivity contribution in [1.29, 1.82) is 0 Å². The van der Waals surface area contributed by atoms with Crippen molar-refractivity contribution in [1.82, 2.24) is 10.3 Å². The van der Waals surface area contributed by atoms with Crippen LogP contribution in [0.25, 0.3) is 6.08 Å². The van der Waals surface area contributed by atoms with E-state index in [9.17, 15) is 14.7 Å². The standard InChI is InChI=1S/C25H40N2O4S.C2H6/c1-16(13-20-15-32-19(4)27-20)22-14-26-17(2)9-7-8-10-21(28)18(3)24(30)25(5,6)12-11-23(29)31-22;1-2/h13,15,17-18,21-22,26,28H,7-12,14H2,1-6H3;1-2H3/b16-13+;/t17?,18-,21?,22?;/m1./s1. The van der Waals surface area contributed by atoms with Crippen LogP contribution in [-0.2, 0) is 14.3 Å². The number of aromatic nitrogens is 1. The first-order valence-electron chi connectivity index (χ1n) is 12.7. The molecular formula is C27H46N2O4S. The average Bonchev–Trinajstić information content (AvgIpc) is 3.21. The van der Waals surface area contributed by atoms with Crippen LogP contribution in [0.2, 0.25) is 0 Å². The highest BCUT2D eigenvalue weighted by Gasteiger charge is 2.35. The second-order valence-corrected chi connectivity index (χ2v) is 10.9. The largest absolute Gasteiger partial charge is 0.456 e. The lowest BCUT2D eigenvalue weighted by atomic mass is 9.76. The number of esters is 1. The minimum absolute atomic E-state index is 0.00598. The molecule has 1 aliphatic heterocycles. The number of Topliss-reactive ketones (excluding diaryl/α,β-unsaturated/α-hetero) is 1. The Labute approximate surface area is 210 Å². The minimum atomic E-state index is -0.693. The summed E-state index contributed by atoms with van der Waals surface area (Å²) in [7, 11) is 0. The molecule has 1 aromatic rings. The van der Waals surface area contributed by atoms with Crippen molar-refractivity contribution < 1.29 is 19.4 Å². The number of nitrogens with zero attached hydrogens (tertiary/aromatic N) is 1. The van der Waals surface area contributed by atoms with E-state index in [2.05, 4.69) is 17.2 Å². The normalized spacial score (nSPS) is 28.0. The smallest absolute Gasteiger partial charge is 0.306 e. The maximum absolute atomic E-state index is 13.0. The van der Waals surface area contributed by atoms with Gasteiger partial charge in [-0.05, 0) is 51.7 Å². The Balaban J connectivity index is 0.00000281. The number of thiazole rings is 1. The molecule has 34 heavy (non-hydrogen) atoms. The number of aliphatic hydroxyl groups is 1. The molecule has 0 amide bonds. The highest BCUT2D eigenvalue weighted by molar-refractivity contribution is 7.09. The summed E-state index contributed by atoms with van der Waals surface area (Å²) >= 11 is 1.59. The molecule has 3 unspecified atom stereocenters. The number of carbonyl (C=O) groups is 2. The number of ketones is 1. The second kappa shape index (κ2) is 14.7. The van der Waals surface area contributed by atoms with E-state index in [1.54, 1.807) is 18.3 Å². The van der Waals surface area contributed by atoms with Crippen molar-refractivity contribution in [3.8, 4) is 0 Å². The van der Waals surface area contributed by atoms with Gasteiger partial charge in [0.15, 0.2) is 0 Å². The van der Waals surface area contributed by atoms with Gasteiger partial charge in [-0.1, -0.05) is 47.5 Å². The molecule has 194 valence electrons. The molecule has 4 atom stereocenters. The summed E-state index contributed by atoms with van der Waals surface area (Å²) in [5.74, 6) is -0.747. The van der Waals surface area contributed by atoms with Crippen molar-refractivity contribution in [3.63, 3.8) is 0 Å². The van der Waals surface area contributed by atoms with Gasteiger partial charge >= 0.3 is 5.97 Å². The molecule has 2 heterocycles. The fourth-order valence-corrected chi connectivity index (χ4v) is 4.65. The molecule has 2 N–H and O–H groups in total. The Hall–Kier alpha value is -1.57. The Bertz CT molecular complexity index is 802. The second-order valence-electron chi connectivity index (χ2n) is 9.86. The van der Waals surface area contributed by atoms with Crippen molar-refractivity contribution in [2.45, 2.75) is 112 Å². The van der Waals surface area contributed by atoms with E-state index in [4.69, 9.17) is 4.74 Å². The molecule has 0 spiro atoms. The number of hydrogen-bond donors (Lipinski definition) is 2. The van der Waals surface area contributed by atoms with E-state index in [1.165, 1.54) is 0 Å². The van der Waals surface area contributed by atoms with Gasteiger partial charge in [-0.3, -0.25) is 9.59 Å². The van der Waals surface area contributed by atoms with Crippen molar-refractivity contribution >= 4 is 29.2 Å². The molecule has 1 saturated heterocycles. The van der Waals surface area contributed by atoms with Gasteiger partial charge in [0.05, 0.1) is 16.8 Å². The van der Waals surface area contributed by atoms with Gasteiger partial charge in [-0.2, -0.15) is 0 Å². The monoisotopic (exact) mass is 494 g/mol. The maximum Gasteiger partial charge on any atom is 0.306 e. The molecule has 7 heteroatoms. The van der Waals surface area contributed by atoms with Crippen molar-refractivity contribution in [2.24, 2.45) is 11.3 Å². The fraction of sp³-hybridized carbons (Fsp3) is 0.741. The maximum atomic E-state index is 13.0. The number of aliphatic hydroxyl groups excluding tert-OH is 1. The van der Waals surface area contributed by atoms with Crippen LogP contribution in [0, 0.1) is 18.3 Å². The quantitative estimate of drug-likeness (QED) is 0.511. The molecule has 0 radical (unpaired) electrons. The van der Waals surface area contributed by atoms with E-state index in [-0.39, 0.29) is 30.3 Å². The van der Waals surface area contributed by atoms with E-state index in [0.29, 0.717) is 19.4 Å². The summed E-state index contributed by atoms with van der Waals surface area (Å²) in [6.07, 6.45) is 4.92. The lowest BCUT2D eigenvalue weighted by molar-refractivity contribution is -0.148. The predicted molar refractivity (Wildman–Crippen MR) is 141 cm³/mol. The van der Waals surface area contributed by atoms with Crippen LogP contribution < -0.4 is 5.32 Å². The molecule has 6 nitrogen and oxygen atoms in total. The molecule has 0 saturated carbocycles. The summed E-state index contributed by atoms with van der Waals surface area (Å²) in [5, 5.41) is 17.0. The number of cyclic esters (lactones) is 1. The molecule has 1 aromatic heterocycles. The van der Waals surface area contributed by atoms with Crippen LogP contribution in [0.3, 0.4) is 0 Å². The number of aryl methyl sites for hydroxylation is 1. The third-order valence-corrected chi connectivity index (χ3v) is 7.24. The van der Waals surface area contributed by atoms with Gasteiger partial charge in [0.25, 0.3) is 0 Å². The summed E-state index contributed by atoms with van der Waals surface area (Å²) in [6.45, 7) is 16.1. The summed E-state index contributed by atoms with van der Waals surface area (Å²) < 4.78 is 5.86. The molecule has 1 aliphatic rings. The van der Waals surface area contributed by atoms with Crippen LogP contribution in [-0.4, -0.2) is 46.6 Å². The first-order chi connectivity index (χ1) is 16.0. The number of ether oxygens (including phenoxy) is 1. The lowest BCUT2D eigenvalue weighted by Gasteiger charge is -2.29. The predicted octanol–water partition coefficient (Wildman–Crippen LogP) is 5.72. The summed E-state index contributed by atoms with van der Waals surface area (Å²) in [5.41, 5.74) is 1.12. The van der Waals surface area contributed by atoms with Gasteiger partial charge in [0.1, 0.15) is 11.9 Å². The number of rotatable bonds is 2. The van der Waals surface area contributed by atoms with Crippen LogP contribution in [0.15, 0.2) is 11.0 Å². The molecule has 0 aromatic carbocycles. The zero-order valence-electron chi connectivity index (χ0n) is 22.4. The molecular weight excluding hydrogens is 448 g/mol. The topological polar surface area (TPSA) is 88.5 Å². The Morgan fingerprint density at radius 2 is 1.88 bits per heavy atom. The first-order valence-corrected chi connectivity index (χ1v) is 13.6. The third-order valence-electron chi connectivity index (χ3n) is 6.44. The summed E-state index contributed by atoms with van der Waals surface area (Å²) in [4.78, 5) is 30.2. The Kier molecular flexibility index (Phi) is 13.2. The molecule has 0 bridgehead atoms. The van der Waals surface area contributed by atoms with Crippen LogP contribution in [0.5, 0.6) is 0 Å². The third kappa shape index (κ3) is 9.96. The van der Waals surface area contributed by atoms with Crippen LogP contribution >= 0.6 is 11.3 Å². The fourth-order valence-electron chi connectivity index (χ4n) is 4.08. The lowest BCUT2D eigenvalue weighted by Crippen LogP contribution is -2.38. The van der Waals surface area contributed by atoms with Gasteiger partial charge in [-0.25, -0.2) is 4.98 Å². The van der Waals surface area contributed by atoms with Crippen LogP contribution in [0.1, 0.15) is 97.7 Å². The number of hydrogen-bond acceptors (Lipinski definition) is 7. The van der Waals surface area contributed by atoms with E-state index in [1.807, 2.05) is 53.0 Å². The van der Waals surface area contributed by atoms with E-state index >= 15 is 0 Å². The summed E-state index contributed by atoms with van der Waals surface area (Å²) in [6, 6.07) is 0.258. The highest BCUT2D eigenvalue weighted by Crippen LogP contribution is 2.30. The molecule has 0 aliphatic carbocycles. The molecule has 2 rings (SSSR count). The number of carbonyl (C=O) groups excluding carboxylic acids is 2. The zero-order valence-corrected chi connectivity index (χ0v) is 23.3. The van der Waals surface area contributed by atoms with Gasteiger partial charge in [-0.15, -0.1) is 11.3 Å². The average molecular weight is 495 g/mol.